The van der Waals surface area contributed by atoms with Crippen molar-refractivity contribution in [2.24, 2.45) is 0 Å². The van der Waals surface area contributed by atoms with Crippen LogP contribution in [0.5, 0.6) is 0 Å². The Morgan fingerprint density at radius 3 is 2.73 bits per heavy atom. The number of fused-ring (bicyclic) bond motifs is 1. The van der Waals surface area contributed by atoms with Crippen LogP contribution in [-0.4, -0.2) is 26.1 Å². The fourth-order valence-electron chi connectivity index (χ4n) is 1.57. The van der Waals surface area contributed by atoms with E-state index in [1.54, 1.807) is 19.9 Å². The first kappa shape index (κ1) is 16.3. The molecule has 0 bridgehead atoms. The molecule has 0 unspecified atom stereocenters. The number of thioether (sulfide) groups is 1. The topological polar surface area (TPSA) is 54.5 Å². The number of H-pyrrole nitrogens is 1. The number of halogens is 3. The fourth-order valence-corrected chi connectivity index (χ4v) is 2.42. The molecule has 0 radical (unpaired) electrons. The largest absolute Gasteiger partial charge is 0.416 e. The third kappa shape index (κ3) is 3.76. The minimum absolute atomic E-state index is 0.0356. The van der Waals surface area contributed by atoms with E-state index in [-0.39, 0.29) is 4.91 Å². The predicted molar refractivity (Wildman–Crippen MR) is 80.4 cm³/mol. The van der Waals surface area contributed by atoms with Gasteiger partial charge in [0.1, 0.15) is 10.9 Å². The average molecular weight is 326 g/mol. The number of aromatic amines is 1. The van der Waals surface area contributed by atoms with E-state index in [9.17, 15) is 13.2 Å². The number of hydrogen-bond donors (Lipinski definition) is 1. The number of rotatable bonds is 4. The van der Waals surface area contributed by atoms with Crippen LogP contribution in [-0.2, 0) is 0 Å². The van der Waals surface area contributed by atoms with Crippen molar-refractivity contribution in [2.45, 2.75) is 25.0 Å². The second kappa shape index (κ2) is 6.35. The summed E-state index contributed by atoms with van der Waals surface area (Å²) in [6.45, 7) is 6.59. The summed E-state index contributed by atoms with van der Waals surface area (Å²) in [5, 5.41) is 0.320. The molecule has 0 aliphatic carbocycles. The second-order valence-corrected chi connectivity index (χ2v) is 5.40. The number of nitrogens with zero attached hydrogens (tertiary/aromatic N) is 3. The second-order valence-electron chi connectivity index (χ2n) is 4.34. The summed E-state index contributed by atoms with van der Waals surface area (Å²) < 4.78 is 38.6. The molecule has 22 heavy (non-hydrogen) atoms. The van der Waals surface area contributed by atoms with Gasteiger partial charge in [0.25, 0.3) is 0 Å². The van der Waals surface area contributed by atoms with Crippen molar-refractivity contribution in [1.29, 1.82) is 0 Å². The number of alkyl halides is 3. The Bertz CT molecular complexity index is 759. The molecule has 0 amide bonds. The van der Waals surface area contributed by atoms with Crippen LogP contribution in [0.2, 0.25) is 0 Å². The van der Waals surface area contributed by atoms with Crippen molar-refractivity contribution < 1.29 is 13.2 Å². The molecule has 0 aliphatic heterocycles. The van der Waals surface area contributed by atoms with Gasteiger partial charge in [-0.15, -0.1) is 0 Å². The van der Waals surface area contributed by atoms with Gasteiger partial charge < -0.3 is 4.98 Å². The number of nitrogens with one attached hydrogen (secondary N) is 1. The van der Waals surface area contributed by atoms with Gasteiger partial charge in [-0.3, -0.25) is 0 Å². The Labute approximate surface area is 129 Å². The lowest BCUT2D eigenvalue weighted by molar-refractivity contribution is -0.0881. The molecule has 2 aromatic rings. The lowest BCUT2D eigenvalue weighted by Gasteiger charge is -2.12. The van der Waals surface area contributed by atoms with E-state index in [4.69, 9.17) is 0 Å². The van der Waals surface area contributed by atoms with Crippen molar-refractivity contribution in [3.63, 3.8) is 0 Å². The zero-order chi connectivity index (χ0) is 16.3. The van der Waals surface area contributed by atoms with Crippen LogP contribution in [0.1, 0.15) is 12.7 Å². The summed E-state index contributed by atoms with van der Waals surface area (Å²) in [6.07, 6.45) is 1.40. The highest BCUT2D eigenvalue weighted by atomic mass is 32.2. The molecule has 2 rings (SSSR count). The number of hydrogen-bond acceptors (Lipinski definition) is 4. The number of imidazole rings is 1. The average Bonchev–Trinajstić information content (AvgIpc) is 2.80. The maximum atomic E-state index is 12.9. The molecular formula is C14H13F3N4S. The Kier molecular flexibility index (Phi) is 4.70. The molecule has 0 spiro atoms. The molecule has 8 heteroatoms. The summed E-state index contributed by atoms with van der Waals surface area (Å²) in [4.78, 5) is 15.3. The van der Waals surface area contributed by atoms with E-state index in [1.807, 2.05) is 0 Å². The maximum absolute atomic E-state index is 12.9. The Morgan fingerprint density at radius 2 is 2.09 bits per heavy atom. The van der Waals surface area contributed by atoms with Gasteiger partial charge in [0.2, 0.25) is 0 Å². The highest BCUT2D eigenvalue weighted by Gasteiger charge is 2.34. The van der Waals surface area contributed by atoms with Crippen molar-refractivity contribution in [3.8, 4) is 0 Å². The number of aryl methyl sites for hydroxylation is 1. The van der Waals surface area contributed by atoms with Crippen LogP contribution < -0.4 is 0 Å². The first-order chi connectivity index (χ1) is 10.3. The standard InChI is InChI=1S/C14H13F3N4S/c1-4-5-6-10(8(2)14(15,16)17)22-11-7-18-12-13(21-11)20-9(3)19-12/h4-7H,2H2,1,3H3,(H,18,19,20,21)/b5-4-,10-6+. The van der Waals surface area contributed by atoms with Crippen molar-refractivity contribution in [2.75, 3.05) is 0 Å². The lowest BCUT2D eigenvalue weighted by Crippen LogP contribution is -2.11. The van der Waals surface area contributed by atoms with Crippen LogP contribution in [0.25, 0.3) is 11.3 Å². The van der Waals surface area contributed by atoms with E-state index in [0.717, 1.165) is 11.8 Å². The highest BCUT2D eigenvalue weighted by Crippen LogP contribution is 2.38. The van der Waals surface area contributed by atoms with Gasteiger partial charge in [-0.2, -0.15) is 13.2 Å². The van der Waals surface area contributed by atoms with Crippen LogP contribution >= 0.6 is 11.8 Å². The van der Waals surface area contributed by atoms with E-state index < -0.39 is 11.7 Å². The van der Waals surface area contributed by atoms with E-state index in [2.05, 4.69) is 26.5 Å². The molecule has 2 aromatic heterocycles. The third-order valence-corrected chi connectivity index (χ3v) is 3.61. The minimum atomic E-state index is -4.50. The Hall–Kier alpha value is -2.09. The quantitative estimate of drug-likeness (QED) is 0.671. The van der Waals surface area contributed by atoms with E-state index in [0.29, 0.717) is 22.1 Å². The predicted octanol–water partition coefficient (Wildman–Crippen LogP) is 4.33. The monoisotopic (exact) mass is 326 g/mol. The first-order valence-corrected chi connectivity index (χ1v) is 7.09. The van der Waals surface area contributed by atoms with Gasteiger partial charge >= 0.3 is 6.18 Å². The summed E-state index contributed by atoms with van der Waals surface area (Å²) in [5.41, 5.74) is -0.0586. The summed E-state index contributed by atoms with van der Waals surface area (Å²) >= 11 is 0.851. The van der Waals surface area contributed by atoms with Crippen molar-refractivity contribution in [3.05, 3.63) is 47.3 Å². The smallest absolute Gasteiger partial charge is 0.325 e. The normalized spacial score (nSPS) is 13.2. The van der Waals surface area contributed by atoms with Gasteiger partial charge in [-0.1, -0.05) is 30.5 Å². The maximum Gasteiger partial charge on any atom is 0.416 e. The number of aromatic nitrogens is 4. The summed E-state index contributed by atoms with van der Waals surface area (Å²) in [7, 11) is 0. The van der Waals surface area contributed by atoms with Crippen LogP contribution in [0.3, 0.4) is 0 Å². The molecule has 0 aromatic carbocycles. The third-order valence-electron chi connectivity index (χ3n) is 2.60. The molecule has 4 nitrogen and oxygen atoms in total. The van der Waals surface area contributed by atoms with Gasteiger partial charge in [0.05, 0.1) is 11.8 Å². The van der Waals surface area contributed by atoms with Gasteiger partial charge in [-0.05, 0) is 19.9 Å². The molecule has 116 valence electrons. The molecule has 0 atom stereocenters. The van der Waals surface area contributed by atoms with Crippen LogP contribution in [0.4, 0.5) is 13.2 Å². The van der Waals surface area contributed by atoms with E-state index in [1.165, 1.54) is 18.3 Å². The van der Waals surface area contributed by atoms with E-state index >= 15 is 0 Å². The summed E-state index contributed by atoms with van der Waals surface area (Å²) in [5.74, 6) is 0.640. The molecule has 2 heterocycles. The minimum Gasteiger partial charge on any atom is -0.325 e. The zero-order valence-electron chi connectivity index (χ0n) is 11.9. The lowest BCUT2D eigenvalue weighted by atomic mass is 10.2. The summed E-state index contributed by atoms with van der Waals surface area (Å²) in [6, 6.07) is 0. The van der Waals surface area contributed by atoms with Crippen molar-refractivity contribution >= 4 is 23.1 Å². The molecule has 0 aliphatic rings. The molecule has 0 saturated heterocycles. The van der Waals surface area contributed by atoms with Gasteiger partial charge in [0.15, 0.2) is 11.3 Å². The van der Waals surface area contributed by atoms with Crippen LogP contribution in [0.15, 0.2) is 46.5 Å². The molecule has 0 fully saturated rings. The molecule has 1 N–H and O–H groups in total. The number of allylic oxidation sites excluding steroid dienone is 4. The van der Waals surface area contributed by atoms with Crippen molar-refractivity contribution in [1.82, 2.24) is 19.9 Å². The highest BCUT2D eigenvalue weighted by molar-refractivity contribution is 8.03. The van der Waals surface area contributed by atoms with Gasteiger partial charge in [-0.25, -0.2) is 15.0 Å². The Balaban J connectivity index is 2.34. The van der Waals surface area contributed by atoms with Crippen LogP contribution in [0, 0.1) is 6.92 Å². The van der Waals surface area contributed by atoms with Gasteiger partial charge in [0, 0.05) is 4.91 Å². The molecule has 0 saturated carbocycles. The fraction of sp³-hybridized carbons (Fsp3) is 0.214. The molecular weight excluding hydrogens is 313 g/mol. The SMILES string of the molecule is C=C(/C(=C\C=C/C)Sc1cnc2[nH]c(C)nc2n1)C(F)(F)F. The Morgan fingerprint density at radius 1 is 1.36 bits per heavy atom. The first-order valence-electron chi connectivity index (χ1n) is 6.28. The zero-order valence-corrected chi connectivity index (χ0v) is 12.7.